The quantitative estimate of drug-likeness (QED) is 0.733. The van der Waals surface area contributed by atoms with Gasteiger partial charge in [-0.05, 0) is 63.1 Å². The second-order valence-electron chi connectivity index (χ2n) is 7.48. The smallest absolute Gasteiger partial charge is 0.250 e. The van der Waals surface area contributed by atoms with Gasteiger partial charge in [0.2, 0.25) is 0 Å². The first-order valence-electron chi connectivity index (χ1n) is 9.41. The summed E-state index contributed by atoms with van der Waals surface area (Å²) in [5.41, 5.74) is 6.58. The number of hydrogen-bond donors (Lipinski definition) is 1. The monoisotopic (exact) mass is 384 g/mol. The highest BCUT2D eigenvalue weighted by molar-refractivity contribution is 6.04. The summed E-state index contributed by atoms with van der Waals surface area (Å²) in [6.45, 7) is 5.25. The van der Waals surface area contributed by atoms with Gasteiger partial charge in [0.15, 0.2) is 5.82 Å². The average Bonchev–Trinajstić information content (AvgIpc) is 3.27. The maximum atomic E-state index is 15.0. The highest BCUT2D eigenvalue weighted by atomic mass is 19.2. The number of amides is 1. The van der Waals surface area contributed by atoms with Crippen molar-refractivity contribution in [3.63, 3.8) is 0 Å². The minimum Gasteiger partial charge on any atom is -0.366 e. The van der Waals surface area contributed by atoms with Crippen LogP contribution in [0.2, 0.25) is 0 Å². The van der Waals surface area contributed by atoms with Crippen LogP contribution in [0.1, 0.15) is 48.7 Å². The third kappa shape index (κ3) is 2.96. The number of aromatic nitrogens is 2. The third-order valence-corrected chi connectivity index (χ3v) is 5.47. The van der Waals surface area contributed by atoms with Crippen molar-refractivity contribution in [3.05, 3.63) is 53.3 Å². The molecule has 0 spiro atoms. The molecule has 1 saturated heterocycles. The van der Waals surface area contributed by atoms with Gasteiger partial charge in [-0.1, -0.05) is 16.6 Å². The summed E-state index contributed by atoms with van der Waals surface area (Å²) in [4.78, 5) is 18.4. The zero-order valence-electron chi connectivity index (χ0n) is 15.8. The fraction of sp³-hybridized carbons (Fsp3) is 0.333. The number of nitrogens with two attached hydrogens (primary N) is 1. The Hall–Kier alpha value is -2.80. The molecule has 28 heavy (non-hydrogen) atoms. The van der Waals surface area contributed by atoms with E-state index < -0.39 is 11.7 Å². The summed E-state index contributed by atoms with van der Waals surface area (Å²) in [6.07, 6.45) is 2.04. The third-order valence-electron chi connectivity index (χ3n) is 5.47. The molecule has 1 aliphatic rings. The van der Waals surface area contributed by atoms with Gasteiger partial charge < -0.3 is 5.73 Å². The molecule has 4 rings (SSSR count). The van der Waals surface area contributed by atoms with Crippen molar-refractivity contribution in [2.24, 2.45) is 5.73 Å². The lowest BCUT2D eigenvalue weighted by molar-refractivity contribution is 0.100. The van der Waals surface area contributed by atoms with Crippen LogP contribution < -0.4 is 5.73 Å². The normalized spacial score (nSPS) is 17.7. The fourth-order valence-corrected chi connectivity index (χ4v) is 4.12. The van der Waals surface area contributed by atoms with E-state index in [9.17, 15) is 13.7 Å². The van der Waals surface area contributed by atoms with E-state index >= 15 is 0 Å². The Kier molecular flexibility index (Phi) is 4.63. The molecule has 0 aliphatic carbocycles. The average molecular weight is 384 g/mol. The number of para-hydroxylation sites is 1. The first kappa shape index (κ1) is 18.6. The van der Waals surface area contributed by atoms with E-state index in [-0.39, 0.29) is 34.0 Å². The standard InChI is InChI=1S/C21H22F2N4O/c1-12(2)26-10-4-7-17(26)13-8-9-14(16(22)11-13)21-25-19-15(20(24)28)5-3-6-18(19)27(21)23/h3,5-6,8-9,11-12,17H,4,7,10H2,1-2H3,(H2,24,28). The van der Waals surface area contributed by atoms with Crippen LogP contribution in [0.5, 0.6) is 0 Å². The summed E-state index contributed by atoms with van der Waals surface area (Å²) in [7, 11) is 0. The van der Waals surface area contributed by atoms with Gasteiger partial charge in [0.05, 0.1) is 11.1 Å². The Bertz CT molecular complexity index is 1060. The molecular weight excluding hydrogens is 362 g/mol. The highest BCUT2D eigenvalue weighted by Gasteiger charge is 2.29. The lowest BCUT2D eigenvalue weighted by Crippen LogP contribution is -2.30. The van der Waals surface area contributed by atoms with Crippen molar-refractivity contribution >= 4 is 16.9 Å². The van der Waals surface area contributed by atoms with Crippen LogP contribution in [0.25, 0.3) is 22.4 Å². The fourth-order valence-electron chi connectivity index (χ4n) is 4.12. The molecule has 146 valence electrons. The zero-order valence-corrected chi connectivity index (χ0v) is 15.8. The van der Waals surface area contributed by atoms with Crippen LogP contribution in [0, 0.1) is 5.82 Å². The molecule has 1 amide bonds. The maximum Gasteiger partial charge on any atom is 0.250 e. The second kappa shape index (κ2) is 6.98. The number of fused-ring (bicyclic) bond motifs is 1. The summed E-state index contributed by atoms with van der Waals surface area (Å²) in [5, 5.41) is 0. The van der Waals surface area contributed by atoms with Gasteiger partial charge in [0.1, 0.15) is 16.9 Å². The van der Waals surface area contributed by atoms with E-state index in [4.69, 9.17) is 5.73 Å². The highest BCUT2D eigenvalue weighted by Crippen LogP contribution is 2.36. The summed E-state index contributed by atoms with van der Waals surface area (Å²) in [5.74, 6) is -1.43. The molecule has 1 fully saturated rings. The SMILES string of the molecule is CC(C)N1CCCC1c1ccc(-c2nc3c(C(N)=O)cccc3n2F)c(F)c1. The van der Waals surface area contributed by atoms with Gasteiger partial charge in [-0.3, -0.25) is 9.69 Å². The molecule has 3 aromatic rings. The van der Waals surface area contributed by atoms with Gasteiger partial charge in [-0.25, -0.2) is 9.37 Å². The number of halogens is 2. The molecular formula is C21H22F2N4O. The number of benzene rings is 2. The van der Waals surface area contributed by atoms with E-state index in [2.05, 4.69) is 23.7 Å². The number of imidazole rings is 1. The van der Waals surface area contributed by atoms with Crippen LogP contribution in [0.4, 0.5) is 8.87 Å². The molecule has 0 radical (unpaired) electrons. The van der Waals surface area contributed by atoms with E-state index in [1.165, 1.54) is 24.3 Å². The van der Waals surface area contributed by atoms with Crippen molar-refractivity contribution in [1.82, 2.24) is 14.7 Å². The minimum atomic E-state index is -0.707. The summed E-state index contributed by atoms with van der Waals surface area (Å²) >= 11 is 0. The van der Waals surface area contributed by atoms with Gasteiger partial charge in [-0.2, -0.15) is 4.79 Å². The van der Waals surface area contributed by atoms with Crippen molar-refractivity contribution < 1.29 is 13.7 Å². The van der Waals surface area contributed by atoms with Crippen molar-refractivity contribution in [2.75, 3.05) is 6.54 Å². The van der Waals surface area contributed by atoms with Crippen molar-refractivity contribution in [3.8, 4) is 11.4 Å². The molecule has 1 aliphatic heterocycles. The number of carbonyl (C=O) groups excluding carboxylic acids is 1. The largest absolute Gasteiger partial charge is 0.366 e. The molecule has 2 heterocycles. The van der Waals surface area contributed by atoms with Gasteiger partial charge >= 0.3 is 0 Å². The topological polar surface area (TPSA) is 64.2 Å². The second-order valence-corrected chi connectivity index (χ2v) is 7.48. The number of carbonyl (C=O) groups is 1. The van der Waals surface area contributed by atoms with Gasteiger partial charge in [0, 0.05) is 12.1 Å². The number of hydrogen-bond acceptors (Lipinski definition) is 3. The Morgan fingerprint density at radius 3 is 2.75 bits per heavy atom. The molecule has 0 bridgehead atoms. The first-order valence-corrected chi connectivity index (χ1v) is 9.41. The number of primary amides is 1. The van der Waals surface area contributed by atoms with Crippen LogP contribution in [-0.4, -0.2) is 33.2 Å². The predicted molar refractivity (Wildman–Crippen MR) is 104 cm³/mol. The Labute approximate surface area is 161 Å². The Morgan fingerprint density at radius 2 is 2.07 bits per heavy atom. The maximum absolute atomic E-state index is 15.0. The molecule has 1 atom stereocenters. The minimum absolute atomic E-state index is 0.0481. The zero-order chi connectivity index (χ0) is 20.0. The summed E-state index contributed by atoms with van der Waals surface area (Å²) < 4.78 is 29.8. The van der Waals surface area contributed by atoms with Gasteiger partial charge in [0.25, 0.3) is 5.91 Å². The van der Waals surface area contributed by atoms with Crippen molar-refractivity contribution in [2.45, 2.75) is 38.8 Å². The molecule has 1 aromatic heterocycles. The number of nitrogens with zero attached hydrogens (tertiary/aromatic N) is 3. The lowest BCUT2D eigenvalue weighted by atomic mass is 10.0. The van der Waals surface area contributed by atoms with E-state index in [1.54, 1.807) is 6.07 Å². The molecule has 1 unspecified atom stereocenters. The van der Waals surface area contributed by atoms with Crippen LogP contribution >= 0.6 is 0 Å². The number of rotatable bonds is 4. The molecule has 0 saturated carbocycles. The molecule has 2 aromatic carbocycles. The van der Waals surface area contributed by atoms with E-state index in [0.29, 0.717) is 10.8 Å². The lowest BCUT2D eigenvalue weighted by Gasteiger charge is -2.28. The predicted octanol–water partition coefficient (Wildman–Crippen LogP) is 4.22. The van der Waals surface area contributed by atoms with Crippen LogP contribution in [0.15, 0.2) is 36.4 Å². The Balaban J connectivity index is 1.77. The van der Waals surface area contributed by atoms with E-state index in [1.807, 2.05) is 6.07 Å². The van der Waals surface area contributed by atoms with Crippen LogP contribution in [0.3, 0.4) is 0 Å². The Morgan fingerprint density at radius 1 is 1.29 bits per heavy atom. The van der Waals surface area contributed by atoms with Crippen LogP contribution in [-0.2, 0) is 0 Å². The van der Waals surface area contributed by atoms with Crippen molar-refractivity contribution in [1.29, 1.82) is 0 Å². The molecule has 5 nitrogen and oxygen atoms in total. The van der Waals surface area contributed by atoms with Gasteiger partial charge in [-0.15, -0.1) is 0 Å². The molecule has 2 N–H and O–H groups in total. The first-order chi connectivity index (χ1) is 13.4. The molecule has 7 heteroatoms. The summed E-state index contributed by atoms with van der Waals surface area (Å²) in [6, 6.07) is 9.86. The van der Waals surface area contributed by atoms with E-state index in [0.717, 1.165) is 24.9 Å². The number of likely N-dealkylation sites (tertiary alicyclic amines) is 1.